The van der Waals surface area contributed by atoms with Gasteiger partial charge < -0.3 is 10.6 Å². The van der Waals surface area contributed by atoms with Crippen LogP contribution >= 0.6 is 11.8 Å². The zero-order valence-corrected chi connectivity index (χ0v) is 16.9. The molecule has 2 amide bonds. The maximum Gasteiger partial charge on any atom is 0.234 e. The van der Waals surface area contributed by atoms with Gasteiger partial charge in [0.05, 0.1) is 22.4 Å². The molecular weight excluding hydrogens is 389 g/mol. The molecule has 1 aliphatic heterocycles. The molecule has 1 heterocycles. The second kappa shape index (κ2) is 8.93. The number of allylic oxidation sites excluding steroid dienone is 1. The number of nitrogens with one attached hydrogen (secondary N) is 2. The second-order valence-electron chi connectivity index (χ2n) is 6.87. The van der Waals surface area contributed by atoms with E-state index in [1.165, 1.54) is 12.1 Å². The van der Waals surface area contributed by atoms with Crippen LogP contribution in [0.2, 0.25) is 0 Å². The number of nitrogens with zero attached hydrogens (tertiary/aromatic N) is 1. The van der Waals surface area contributed by atoms with Crippen molar-refractivity contribution in [1.29, 1.82) is 5.26 Å². The Kier molecular flexibility index (Phi) is 6.35. The first-order valence-corrected chi connectivity index (χ1v) is 10.1. The number of carbonyl (C=O) groups excluding carboxylic acids is 2. The Labute approximate surface area is 173 Å². The van der Waals surface area contributed by atoms with Gasteiger partial charge in [-0.25, -0.2) is 4.39 Å². The summed E-state index contributed by atoms with van der Waals surface area (Å²) < 4.78 is 13.2. The maximum atomic E-state index is 13.2. The highest BCUT2D eigenvalue weighted by Crippen LogP contribution is 2.36. The molecule has 0 aromatic heterocycles. The highest BCUT2D eigenvalue weighted by Gasteiger charge is 2.29. The standard InChI is InChI=1S/C22H20FN3O2S/c1-13-3-4-14(2)19(9-13)25-21(28)12-29-22-18(11-24)17(10-20(27)26-22)15-5-7-16(23)8-6-15/h3-9,17H,10,12H2,1-2H3,(H,25,28)(H,26,27)/t17-/m1/s1. The average molecular weight is 409 g/mol. The Balaban J connectivity index is 1.76. The second-order valence-corrected chi connectivity index (χ2v) is 7.85. The molecule has 2 aromatic rings. The van der Waals surface area contributed by atoms with Crippen LogP contribution in [0.3, 0.4) is 0 Å². The average Bonchev–Trinajstić information content (AvgIpc) is 2.69. The zero-order chi connectivity index (χ0) is 21.0. The minimum absolute atomic E-state index is 0.0459. The predicted molar refractivity (Wildman–Crippen MR) is 112 cm³/mol. The molecule has 0 saturated heterocycles. The first-order valence-electron chi connectivity index (χ1n) is 9.07. The van der Waals surface area contributed by atoms with Crippen molar-refractivity contribution in [3.8, 4) is 6.07 Å². The summed E-state index contributed by atoms with van der Waals surface area (Å²) in [7, 11) is 0. The summed E-state index contributed by atoms with van der Waals surface area (Å²) in [5.74, 6) is -1.26. The topological polar surface area (TPSA) is 82.0 Å². The number of thioether (sulfide) groups is 1. The Hall–Kier alpha value is -3.11. The lowest BCUT2D eigenvalue weighted by atomic mass is 9.87. The molecule has 0 bridgehead atoms. The summed E-state index contributed by atoms with van der Waals surface area (Å²) in [5, 5.41) is 15.6. The molecule has 148 valence electrons. The number of amides is 2. The van der Waals surface area contributed by atoms with E-state index >= 15 is 0 Å². The maximum absolute atomic E-state index is 13.2. The Morgan fingerprint density at radius 2 is 2.00 bits per heavy atom. The van der Waals surface area contributed by atoms with E-state index in [-0.39, 0.29) is 29.8 Å². The van der Waals surface area contributed by atoms with Gasteiger partial charge in [-0.15, -0.1) is 0 Å². The van der Waals surface area contributed by atoms with Crippen molar-refractivity contribution in [3.63, 3.8) is 0 Å². The van der Waals surface area contributed by atoms with Crippen LogP contribution in [0, 0.1) is 31.0 Å². The Morgan fingerprint density at radius 3 is 2.69 bits per heavy atom. The highest BCUT2D eigenvalue weighted by atomic mass is 32.2. The number of hydrogen-bond donors (Lipinski definition) is 2. The number of anilines is 1. The lowest BCUT2D eigenvalue weighted by Crippen LogP contribution is -2.31. The van der Waals surface area contributed by atoms with E-state index in [2.05, 4.69) is 16.7 Å². The van der Waals surface area contributed by atoms with Gasteiger partial charge >= 0.3 is 0 Å². The van der Waals surface area contributed by atoms with Gasteiger partial charge in [-0.3, -0.25) is 9.59 Å². The number of hydrogen-bond acceptors (Lipinski definition) is 4. The Bertz CT molecular complexity index is 1030. The molecule has 7 heteroatoms. The summed E-state index contributed by atoms with van der Waals surface area (Å²) in [5.41, 5.74) is 3.79. The monoisotopic (exact) mass is 409 g/mol. The number of aryl methyl sites for hydroxylation is 2. The van der Waals surface area contributed by atoms with Crippen LogP contribution in [0.15, 0.2) is 53.1 Å². The minimum atomic E-state index is -0.459. The van der Waals surface area contributed by atoms with Crippen LogP contribution in [-0.4, -0.2) is 17.6 Å². The van der Waals surface area contributed by atoms with Crippen molar-refractivity contribution >= 4 is 29.3 Å². The van der Waals surface area contributed by atoms with Crippen molar-refractivity contribution in [1.82, 2.24) is 5.32 Å². The van der Waals surface area contributed by atoms with E-state index in [1.54, 1.807) is 12.1 Å². The number of carbonyl (C=O) groups is 2. The van der Waals surface area contributed by atoms with Crippen molar-refractivity contribution < 1.29 is 14.0 Å². The molecule has 1 aliphatic rings. The van der Waals surface area contributed by atoms with E-state index in [0.29, 0.717) is 16.2 Å². The molecule has 0 saturated carbocycles. The normalized spacial score (nSPS) is 16.2. The molecule has 0 aliphatic carbocycles. The Morgan fingerprint density at radius 1 is 1.28 bits per heavy atom. The van der Waals surface area contributed by atoms with Gasteiger partial charge in [0.1, 0.15) is 5.82 Å². The first-order chi connectivity index (χ1) is 13.9. The molecule has 5 nitrogen and oxygen atoms in total. The third-order valence-corrected chi connectivity index (χ3v) is 5.66. The van der Waals surface area contributed by atoms with Crippen molar-refractivity contribution in [2.75, 3.05) is 11.1 Å². The molecule has 29 heavy (non-hydrogen) atoms. The van der Waals surface area contributed by atoms with Crippen molar-refractivity contribution in [2.24, 2.45) is 0 Å². The fourth-order valence-electron chi connectivity index (χ4n) is 3.11. The van der Waals surface area contributed by atoms with Crippen LogP contribution in [0.4, 0.5) is 10.1 Å². The van der Waals surface area contributed by atoms with Crippen molar-refractivity contribution in [3.05, 3.63) is 75.6 Å². The lowest BCUT2D eigenvalue weighted by Gasteiger charge is -2.25. The van der Waals surface area contributed by atoms with Crippen LogP contribution in [0.5, 0.6) is 0 Å². The highest BCUT2D eigenvalue weighted by molar-refractivity contribution is 8.03. The van der Waals surface area contributed by atoms with Crippen LogP contribution in [-0.2, 0) is 9.59 Å². The quantitative estimate of drug-likeness (QED) is 0.777. The summed E-state index contributed by atoms with van der Waals surface area (Å²) >= 11 is 1.11. The van der Waals surface area contributed by atoms with Crippen LogP contribution in [0.25, 0.3) is 0 Å². The summed E-state index contributed by atoms with van der Waals surface area (Å²) in [6, 6.07) is 13.7. The fourth-order valence-corrected chi connectivity index (χ4v) is 3.98. The summed E-state index contributed by atoms with van der Waals surface area (Å²) in [4.78, 5) is 24.6. The third-order valence-electron chi connectivity index (χ3n) is 4.64. The van der Waals surface area contributed by atoms with Crippen LogP contribution < -0.4 is 10.6 Å². The zero-order valence-electron chi connectivity index (χ0n) is 16.1. The van der Waals surface area contributed by atoms with E-state index < -0.39 is 5.92 Å². The molecule has 3 rings (SSSR count). The molecule has 0 radical (unpaired) electrons. The molecule has 0 unspecified atom stereocenters. The third kappa shape index (κ3) is 5.04. The van der Waals surface area contributed by atoms with E-state index in [4.69, 9.17) is 0 Å². The SMILES string of the molecule is Cc1ccc(C)c(NC(=O)CSC2=C(C#N)[C@@H](c3ccc(F)cc3)CC(=O)N2)c1. The van der Waals surface area contributed by atoms with E-state index in [1.807, 2.05) is 32.0 Å². The first kappa shape index (κ1) is 20.6. The van der Waals surface area contributed by atoms with Gasteiger partial charge in [0.2, 0.25) is 11.8 Å². The van der Waals surface area contributed by atoms with Gasteiger partial charge in [0.25, 0.3) is 0 Å². The minimum Gasteiger partial charge on any atom is -0.325 e. The van der Waals surface area contributed by atoms with Gasteiger partial charge in [-0.05, 0) is 48.7 Å². The van der Waals surface area contributed by atoms with Crippen LogP contribution in [0.1, 0.15) is 29.0 Å². The van der Waals surface area contributed by atoms with Crippen molar-refractivity contribution in [2.45, 2.75) is 26.2 Å². The van der Waals surface area contributed by atoms with Gasteiger partial charge in [-0.2, -0.15) is 5.26 Å². The number of nitriles is 1. The smallest absolute Gasteiger partial charge is 0.234 e. The molecule has 1 atom stereocenters. The van der Waals surface area contributed by atoms with E-state index in [9.17, 15) is 19.2 Å². The molecular formula is C22H20FN3O2S. The molecule has 2 N–H and O–H groups in total. The largest absolute Gasteiger partial charge is 0.325 e. The number of halogens is 1. The molecule has 2 aromatic carbocycles. The van der Waals surface area contributed by atoms with E-state index in [0.717, 1.165) is 28.6 Å². The summed E-state index contributed by atoms with van der Waals surface area (Å²) in [6.07, 6.45) is 0.104. The molecule has 0 spiro atoms. The number of benzene rings is 2. The van der Waals surface area contributed by atoms with Gasteiger partial charge in [0, 0.05) is 18.0 Å². The lowest BCUT2D eigenvalue weighted by molar-refractivity contribution is -0.121. The number of rotatable bonds is 5. The van der Waals surface area contributed by atoms with Gasteiger partial charge in [0.15, 0.2) is 0 Å². The van der Waals surface area contributed by atoms with Gasteiger partial charge in [-0.1, -0.05) is 36.0 Å². The summed E-state index contributed by atoms with van der Waals surface area (Å²) in [6.45, 7) is 3.86. The fraction of sp³-hybridized carbons (Fsp3) is 0.227. The molecule has 0 fully saturated rings. The predicted octanol–water partition coefficient (Wildman–Crippen LogP) is 4.15.